The molecule has 6 heteroatoms. The molecule has 0 aliphatic carbocycles. The predicted octanol–water partition coefficient (Wildman–Crippen LogP) is 2.03. The van der Waals surface area contributed by atoms with Crippen LogP contribution in [0.1, 0.15) is 41.5 Å². The first-order valence-corrected chi connectivity index (χ1v) is 5.87. The zero-order chi connectivity index (χ0) is 13.9. The van der Waals surface area contributed by atoms with Crippen LogP contribution in [-0.4, -0.2) is 34.4 Å². The van der Waals surface area contributed by atoms with Gasteiger partial charge in [-0.1, -0.05) is 0 Å². The number of amides is 1. The standard InChI is InChI=1S/C11H23N3O2S/c1-10(2,3)12-8(17)13-14(7)9(15)16-11(4,5)6/h1-7H3,(H2,12,13,17). The minimum absolute atomic E-state index is 0.154. The van der Waals surface area contributed by atoms with E-state index in [1.807, 2.05) is 41.5 Å². The molecule has 0 unspecified atom stereocenters. The number of rotatable bonds is 0. The van der Waals surface area contributed by atoms with Crippen LogP contribution >= 0.6 is 12.2 Å². The summed E-state index contributed by atoms with van der Waals surface area (Å²) in [5.41, 5.74) is 2.06. The summed E-state index contributed by atoms with van der Waals surface area (Å²) in [7, 11) is 1.56. The molecule has 0 radical (unpaired) electrons. The van der Waals surface area contributed by atoms with Gasteiger partial charge in [0.25, 0.3) is 0 Å². The third-order valence-electron chi connectivity index (χ3n) is 1.43. The Labute approximate surface area is 109 Å². The van der Waals surface area contributed by atoms with Gasteiger partial charge in [-0.15, -0.1) is 0 Å². The lowest BCUT2D eigenvalue weighted by molar-refractivity contribution is 0.0249. The largest absolute Gasteiger partial charge is 0.442 e. The molecule has 5 nitrogen and oxygen atoms in total. The van der Waals surface area contributed by atoms with Crippen molar-refractivity contribution < 1.29 is 9.53 Å². The minimum Gasteiger partial charge on any atom is -0.442 e. The fourth-order valence-electron chi connectivity index (χ4n) is 0.897. The van der Waals surface area contributed by atoms with Crippen molar-refractivity contribution in [2.45, 2.75) is 52.7 Å². The number of nitrogens with one attached hydrogen (secondary N) is 2. The van der Waals surface area contributed by atoms with Crippen LogP contribution in [0.15, 0.2) is 0 Å². The van der Waals surface area contributed by atoms with Crippen molar-refractivity contribution in [1.29, 1.82) is 0 Å². The lowest BCUT2D eigenvalue weighted by Crippen LogP contribution is -2.53. The van der Waals surface area contributed by atoms with Gasteiger partial charge in [-0.2, -0.15) is 0 Å². The molecule has 0 spiro atoms. The van der Waals surface area contributed by atoms with Gasteiger partial charge in [0, 0.05) is 12.6 Å². The average molecular weight is 261 g/mol. The van der Waals surface area contributed by atoms with E-state index in [2.05, 4.69) is 10.7 Å². The number of carbonyl (C=O) groups is 1. The fourth-order valence-corrected chi connectivity index (χ4v) is 1.34. The highest BCUT2D eigenvalue weighted by atomic mass is 32.1. The molecule has 2 N–H and O–H groups in total. The number of thiocarbonyl (C=S) groups is 1. The summed E-state index contributed by atoms with van der Waals surface area (Å²) in [6.45, 7) is 11.4. The van der Waals surface area contributed by atoms with Crippen molar-refractivity contribution in [3.05, 3.63) is 0 Å². The van der Waals surface area contributed by atoms with Crippen molar-refractivity contribution in [1.82, 2.24) is 15.8 Å². The van der Waals surface area contributed by atoms with Gasteiger partial charge >= 0.3 is 6.09 Å². The maximum Gasteiger partial charge on any atom is 0.428 e. The molecule has 100 valence electrons. The number of ether oxygens (including phenoxy) is 1. The second-order valence-electron chi connectivity index (χ2n) is 5.86. The normalized spacial score (nSPS) is 11.7. The molecule has 0 fully saturated rings. The third-order valence-corrected chi connectivity index (χ3v) is 1.62. The second kappa shape index (κ2) is 5.53. The highest BCUT2D eigenvalue weighted by Gasteiger charge is 2.20. The van der Waals surface area contributed by atoms with E-state index in [9.17, 15) is 4.79 Å². The van der Waals surface area contributed by atoms with E-state index in [0.717, 1.165) is 0 Å². The predicted molar refractivity (Wildman–Crippen MR) is 72.6 cm³/mol. The number of carbonyl (C=O) groups excluding carboxylic acids is 1. The molecular formula is C11H23N3O2S. The molecule has 0 aromatic heterocycles. The summed E-state index contributed by atoms with van der Waals surface area (Å²) >= 11 is 5.07. The molecule has 0 atom stereocenters. The monoisotopic (exact) mass is 261 g/mol. The van der Waals surface area contributed by atoms with Crippen molar-refractivity contribution >= 4 is 23.4 Å². The van der Waals surface area contributed by atoms with Gasteiger partial charge in [0.1, 0.15) is 5.60 Å². The summed E-state index contributed by atoms with van der Waals surface area (Å²) in [5.74, 6) is 0. The molecule has 0 aromatic rings. The van der Waals surface area contributed by atoms with E-state index in [1.54, 1.807) is 7.05 Å². The molecular weight excluding hydrogens is 238 g/mol. The first-order chi connectivity index (χ1) is 7.41. The topological polar surface area (TPSA) is 53.6 Å². The van der Waals surface area contributed by atoms with Gasteiger partial charge in [-0.25, -0.2) is 9.80 Å². The molecule has 0 aliphatic rings. The van der Waals surface area contributed by atoms with Crippen LogP contribution in [0.2, 0.25) is 0 Å². The summed E-state index contributed by atoms with van der Waals surface area (Å²) in [5, 5.41) is 4.63. The van der Waals surface area contributed by atoms with Crippen LogP contribution in [0.25, 0.3) is 0 Å². The molecule has 0 saturated heterocycles. The molecule has 0 saturated carbocycles. The fraction of sp³-hybridized carbons (Fsp3) is 0.818. The Bertz CT molecular complexity index is 292. The number of hydrogen-bond donors (Lipinski definition) is 2. The van der Waals surface area contributed by atoms with E-state index in [1.165, 1.54) is 5.01 Å². The number of nitrogens with zero attached hydrogens (tertiary/aromatic N) is 1. The lowest BCUT2D eigenvalue weighted by atomic mass is 10.1. The van der Waals surface area contributed by atoms with Gasteiger partial charge in [0.2, 0.25) is 0 Å². The van der Waals surface area contributed by atoms with Crippen molar-refractivity contribution in [3.63, 3.8) is 0 Å². The van der Waals surface area contributed by atoms with Crippen LogP contribution in [0.4, 0.5) is 4.79 Å². The van der Waals surface area contributed by atoms with Crippen LogP contribution in [0, 0.1) is 0 Å². The summed E-state index contributed by atoms with van der Waals surface area (Å²) in [6, 6.07) is 0. The first-order valence-electron chi connectivity index (χ1n) is 5.46. The highest BCUT2D eigenvalue weighted by Crippen LogP contribution is 2.08. The molecule has 1 amide bonds. The van der Waals surface area contributed by atoms with Crippen molar-refractivity contribution in [2.24, 2.45) is 0 Å². The summed E-state index contributed by atoms with van der Waals surface area (Å²) in [4.78, 5) is 11.6. The molecule has 0 aromatic carbocycles. The van der Waals surface area contributed by atoms with Gasteiger partial charge in [0.15, 0.2) is 5.11 Å². The minimum atomic E-state index is -0.522. The Morgan fingerprint density at radius 1 is 1.18 bits per heavy atom. The van der Waals surface area contributed by atoms with E-state index < -0.39 is 11.7 Å². The van der Waals surface area contributed by atoms with Crippen LogP contribution < -0.4 is 10.7 Å². The molecule has 17 heavy (non-hydrogen) atoms. The Hall–Kier alpha value is -1.04. The van der Waals surface area contributed by atoms with E-state index in [4.69, 9.17) is 17.0 Å². The molecule has 0 rings (SSSR count). The third kappa shape index (κ3) is 8.74. The number of hydrazine groups is 1. The molecule has 0 bridgehead atoms. The van der Waals surface area contributed by atoms with Crippen molar-refractivity contribution in [2.75, 3.05) is 7.05 Å². The van der Waals surface area contributed by atoms with Gasteiger partial charge < -0.3 is 10.1 Å². The summed E-state index contributed by atoms with van der Waals surface area (Å²) in [6.07, 6.45) is -0.476. The maximum atomic E-state index is 11.6. The number of hydrogen-bond acceptors (Lipinski definition) is 3. The van der Waals surface area contributed by atoms with Crippen LogP contribution in [0.5, 0.6) is 0 Å². The van der Waals surface area contributed by atoms with Gasteiger partial charge in [-0.3, -0.25) is 5.43 Å². The second-order valence-corrected chi connectivity index (χ2v) is 6.26. The Balaban J connectivity index is 4.22. The van der Waals surface area contributed by atoms with E-state index in [0.29, 0.717) is 5.11 Å². The quantitative estimate of drug-likeness (QED) is 0.516. The van der Waals surface area contributed by atoms with Crippen LogP contribution in [-0.2, 0) is 4.74 Å². The zero-order valence-electron chi connectivity index (χ0n) is 11.7. The van der Waals surface area contributed by atoms with E-state index >= 15 is 0 Å². The average Bonchev–Trinajstić information content (AvgIpc) is 1.95. The Kier molecular flexibility index (Phi) is 5.19. The first kappa shape index (κ1) is 16.0. The molecule has 0 aliphatic heterocycles. The Morgan fingerprint density at radius 2 is 1.65 bits per heavy atom. The van der Waals surface area contributed by atoms with Gasteiger partial charge in [-0.05, 0) is 53.8 Å². The SMILES string of the molecule is CN(NC(=S)NC(C)(C)C)C(=O)OC(C)(C)C. The zero-order valence-corrected chi connectivity index (χ0v) is 12.5. The maximum absolute atomic E-state index is 11.6. The Morgan fingerprint density at radius 3 is 2.00 bits per heavy atom. The lowest BCUT2D eigenvalue weighted by Gasteiger charge is -2.28. The van der Waals surface area contributed by atoms with Crippen LogP contribution in [0.3, 0.4) is 0 Å². The smallest absolute Gasteiger partial charge is 0.428 e. The molecule has 0 heterocycles. The van der Waals surface area contributed by atoms with E-state index in [-0.39, 0.29) is 5.54 Å². The van der Waals surface area contributed by atoms with Gasteiger partial charge in [0.05, 0.1) is 0 Å². The van der Waals surface area contributed by atoms with Crippen molar-refractivity contribution in [3.8, 4) is 0 Å². The highest BCUT2D eigenvalue weighted by molar-refractivity contribution is 7.80. The summed E-state index contributed by atoms with van der Waals surface area (Å²) < 4.78 is 5.17.